The summed E-state index contributed by atoms with van der Waals surface area (Å²) in [7, 11) is -0.782. The van der Waals surface area contributed by atoms with Gasteiger partial charge in [0.15, 0.2) is 0 Å². The number of fused-ring (bicyclic) bond motifs is 3. The van der Waals surface area contributed by atoms with Crippen LogP contribution in [0.5, 0.6) is 0 Å². The smallest absolute Gasteiger partial charge is 0.399 e. The first-order chi connectivity index (χ1) is 21.1. The highest BCUT2D eigenvalue weighted by Gasteiger charge is 2.57. The van der Waals surface area contributed by atoms with Crippen molar-refractivity contribution in [2.45, 2.75) is 169 Å². The molecule has 45 heavy (non-hydrogen) atoms. The van der Waals surface area contributed by atoms with Gasteiger partial charge in [-0.05, 0) is 104 Å². The first-order valence-electron chi connectivity index (χ1n) is 18.0. The lowest BCUT2D eigenvalue weighted by Crippen LogP contribution is -2.58. The average molecular weight is 617 g/mol. The molecule has 0 bridgehead atoms. The maximum Gasteiger partial charge on any atom is 0.495 e. The first kappa shape index (κ1) is 34.7. The van der Waals surface area contributed by atoms with Gasteiger partial charge in [-0.3, -0.25) is 4.48 Å². The second-order valence-corrected chi connectivity index (χ2v) is 15.9. The molecule has 0 aliphatic carbocycles. The second kappa shape index (κ2) is 12.4. The van der Waals surface area contributed by atoms with Crippen molar-refractivity contribution in [1.82, 2.24) is 4.48 Å². The highest BCUT2D eigenvalue weighted by Crippen LogP contribution is 2.58. The van der Waals surface area contributed by atoms with E-state index in [9.17, 15) is 0 Å². The van der Waals surface area contributed by atoms with Gasteiger partial charge in [0, 0.05) is 36.1 Å². The molecule has 2 aromatic rings. The van der Waals surface area contributed by atoms with Gasteiger partial charge in [-0.25, -0.2) is 0 Å². The zero-order valence-electron chi connectivity index (χ0n) is 30.5. The van der Waals surface area contributed by atoms with E-state index in [-0.39, 0.29) is 22.4 Å². The van der Waals surface area contributed by atoms with Crippen LogP contribution in [0, 0.1) is 0 Å². The van der Waals surface area contributed by atoms with Crippen LogP contribution in [0.1, 0.15) is 134 Å². The van der Waals surface area contributed by atoms with Crippen LogP contribution in [0.3, 0.4) is 0 Å². The topological polar surface area (TPSA) is 36.9 Å². The summed E-state index contributed by atoms with van der Waals surface area (Å²) in [5.41, 5.74) is 6.20. The van der Waals surface area contributed by atoms with Crippen molar-refractivity contribution in [2.24, 2.45) is 0 Å². The number of rotatable bonds is 12. The fraction of sp³-hybridized carbons (Fsp3) is 0.684. The van der Waals surface area contributed by atoms with Crippen molar-refractivity contribution in [2.75, 3.05) is 0 Å². The van der Waals surface area contributed by atoms with E-state index in [4.69, 9.17) is 18.6 Å². The van der Waals surface area contributed by atoms with E-state index in [0.29, 0.717) is 12.1 Å². The van der Waals surface area contributed by atoms with Crippen molar-refractivity contribution in [3.05, 3.63) is 36.4 Å². The van der Waals surface area contributed by atoms with Gasteiger partial charge in [0.1, 0.15) is 11.4 Å². The van der Waals surface area contributed by atoms with Gasteiger partial charge in [0.05, 0.1) is 34.5 Å². The molecule has 3 heterocycles. The average Bonchev–Trinajstić information content (AvgIpc) is 3.48. The van der Waals surface area contributed by atoms with Gasteiger partial charge in [-0.15, -0.1) is 0 Å². The summed E-state index contributed by atoms with van der Waals surface area (Å²) in [4.78, 5) is 0. The zero-order chi connectivity index (χ0) is 33.0. The predicted molar refractivity (Wildman–Crippen MR) is 192 cm³/mol. The maximum absolute atomic E-state index is 6.62. The second-order valence-electron chi connectivity index (χ2n) is 15.9. The monoisotopic (exact) mass is 616 g/mol. The van der Waals surface area contributed by atoms with Crippen molar-refractivity contribution in [3.63, 3.8) is 0 Å². The maximum atomic E-state index is 6.62. The fourth-order valence-corrected chi connectivity index (χ4v) is 7.90. The number of quaternary nitrogens is 1. The van der Waals surface area contributed by atoms with Gasteiger partial charge >= 0.3 is 14.2 Å². The van der Waals surface area contributed by atoms with Gasteiger partial charge in [0.2, 0.25) is 0 Å². The highest BCUT2D eigenvalue weighted by atomic mass is 16.7. The third kappa shape index (κ3) is 5.67. The summed E-state index contributed by atoms with van der Waals surface area (Å²) in [6.07, 6.45) is 9.45. The largest absolute Gasteiger partial charge is 0.495 e. The molecule has 2 atom stereocenters. The summed E-state index contributed by atoms with van der Waals surface area (Å²) in [6.45, 7) is 26.6. The Bertz CT molecular complexity index is 1230. The van der Waals surface area contributed by atoms with E-state index in [1.165, 1.54) is 61.0 Å². The van der Waals surface area contributed by atoms with Crippen LogP contribution >= 0.6 is 0 Å². The molecule has 2 unspecified atom stereocenters. The lowest BCUT2D eigenvalue weighted by atomic mass is 9.77. The Hall–Kier alpha value is -1.63. The van der Waals surface area contributed by atoms with Crippen molar-refractivity contribution in [3.8, 4) is 11.1 Å². The van der Waals surface area contributed by atoms with Gasteiger partial charge in [-0.1, -0.05) is 52.7 Å². The molecule has 0 radical (unpaired) electrons. The molecular formula is C38H60B2NO4+. The molecule has 0 aromatic heterocycles. The third-order valence-electron chi connectivity index (χ3n) is 12.1. The minimum atomic E-state index is -0.391. The number of benzene rings is 2. The molecule has 2 aromatic carbocycles. The van der Waals surface area contributed by atoms with Gasteiger partial charge in [-0.2, -0.15) is 0 Å². The summed E-state index contributed by atoms with van der Waals surface area (Å²) in [5.74, 6) is 0. The number of hydrogen-bond donors (Lipinski definition) is 0. The van der Waals surface area contributed by atoms with E-state index < -0.39 is 14.2 Å². The van der Waals surface area contributed by atoms with Crippen molar-refractivity contribution < 1.29 is 18.6 Å². The minimum absolute atomic E-state index is 0.385. The molecule has 5 rings (SSSR count). The van der Waals surface area contributed by atoms with E-state index in [1.807, 2.05) is 0 Å². The van der Waals surface area contributed by atoms with E-state index in [0.717, 1.165) is 28.3 Å². The molecule has 2 saturated heterocycles. The Kier molecular flexibility index (Phi) is 9.59. The Balaban J connectivity index is 1.74. The molecule has 0 spiro atoms. The fourth-order valence-electron chi connectivity index (χ4n) is 7.90. The molecule has 0 amide bonds. The number of unbranched alkanes of at least 4 members (excludes halogenated alkanes) is 2. The predicted octanol–water partition coefficient (Wildman–Crippen LogP) is 8.84. The molecule has 246 valence electrons. The molecule has 3 aliphatic heterocycles. The lowest BCUT2D eigenvalue weighted by Gasteiger charge is -2.48. The van der Waals surface area contributed by atoms with E-state index in [1.54, 1.807) is 0 Å². The normalized spacial score (nSPS) is 23.2. The molecule has 2 fully saturated rings. The Morgan fingerprint density at radius 3 is 1.18 bits per heavy atom. The molecular weight excluding hydrogens is 556 g/mol. The van der Waals surface area contributed by atoms with Crippen LogP contribution in [0.25, 0.3) is 11.1 Å². The van der Waals surface area contributed by atoms with E-state index >= 15 is 0 Å². The minimum Gasteiger partial charge on any atom is -0.399 e. The molecule has 0 N–H and O–H groups in total. The molecule has 3 aliphatic rings. The van der Waals surface area contributed by atoms with Crippen LogP contribution in [-0.4, -0.2) is 48.7 Å². The summed E-state index contributed by atoms with van der Waals surface area (Å²) < 4.78 is 27.4. The first-order valence-corrected chi connectivity index (χ1v) is 18.0. The lowest BCUT2D eigenvalue weighted by molar-refractivity contribution is 0.00578. The van der Waals surface area contributed by atoms with Crippen LogP contribution in [0.15, 0.2) is 36.4 Å². The van der Waals surface area contributed by atoms with Crippen LogP contribution < -0.4 is 15.4 Å². The SMILES string of the molecule is CCCCC(CC)[N+]1(C(CC)CCCC)c2cc(B3OC(C)(C)C(C)(C)O3)ccc2-c2ccc(B3OC(C)(C)C(C)(C)O3)cc21. The number of nitrogens with zero attached hydrogens (tertiary/aromatic N) is 1. The Labute approximate surface area is 275 Å². The Morgan fingerprint density at radius 1 is 0.556 bits per heavy atom. The van der Waals surface area contributed by atoms with Gasteiger partial charge in [0.25, 0.3) is 0 Å². The molecule has 5 nitrogen and oxygen atoms in total. The number of hydrogen-bond acceptors (Lipinski definition) is 4. The van der Waals surface area contributed by atoms with Crippen LogP contribution in [0.4, 0.5) is 11.4 Å². The Morgan fingerprint density at radius 2 is 0.889 bits per heavy atom. The zero-order valence-corrected chi connectivity index (χ0v) is 30.5. The van der Waals surface area contributed by atoms with Crippen LogP contribution in [-0.2, 0) is 18.6 Å². The summed E-state index contributed by atoms with van der Waals surface area (Å²) in [6, 6.07) is 15.0. The van der Waals surface area contributed by atoms with Crippen molar-refractivity contribution >= 4 is 36.5 Å². The standard InChI is InChI=1S/C38H60B2NO4/c1-13-17-19-29(15-3)41(30(16-4)20-18-14-2)33-25-27(39-42-35(5,6)36(7,8)43-39)21-23-31(33)32-24-22-28(26-34(32)41)40-44-37(9,10)38(11,12)45-40/h21-26,29-30H,13-20H2,1-12H3/q+1. The summed E-state index contributed by atoms with van der Waals surface area (Å²) >= 11 is 0. The van der Waals surface area contributed by atoms with Crippen molar-refractivity contribution in [1.29, 1.82) is 0 Å². The summed E-state index contributed by atoms with van der Waals surface area (Å²) in [5, 5.41) is 0. The third-order valence-corrected chi connectivity index (χ3v) is 12.1. The van der Waals surface area contributed by atoms with Gasteiger partial charge < -0.3 is 18.6 Å². The highest BCUT2D eigenvalue weighted by molar-refractivity contribution is 6.63. The van der Waals surface area contributed by atoms with Crippen LogP contribution in [0.2, 0.25) is 0 Å². The molecule has 7 heteroatoms. The molecule has 0 saturated carbocycles. The van der Waals surface area contributed by atoms with E-state index in [2.05, 4.69) is 119 Å². The quantitative estimate of drug-likeness (QED) is 0.176.